The van der Waals surface area contributed by atoms with Crippen molar-refractivity contribution in [3.05, 3.63) is 11.1 Å². The van der Waals surface area contributed by atoms with Crippen LogP contribution < -0.4 is 5.32 Å². The van der Waals surface area contributed by atoms with Gasteiger partial charge >= 0.3 is 6.18 Å². The molecule has 1 heterocycles. The fraction of sp³-hybridized carbons (Fsp3) is 0.857. The number of aliphatic hydroxyl groups is 1. The van der Waals surface area contributed by atoms with Gasteiger partial charge in [0, 0.05) is 24.6 Å². The molecule has 1 aliphatic heterocycles. The molecule has 0 aromatic heterocycles. The molecule has 0 bridgehead atoms. The lowest BCUT2D eigenvalue weighted by molar-refractivity contribution is -0.167. The van der Waals surface area contributed by atoms with Crippen molar-refractivity contribution in [2.45, 2.75) is 108 Å². The van der Waals surface area contributed by atoms with E-state index in [2.05, 4.69) is 5.32 Å². The van der Waals surface area contributed by atoms with Crippen molar-refractivity contribution in [1.82, 2.24) is 10.2 Å². The first kappa shape index (κ1) is 26.1. The van der Waals surface area contributed by atoms with Gasteiger partial charge in [-0.25, -0.2) is 0 Å². The predicted octanol–water partition coefficient (Wildman–Crippen LogP) is 5.13. The summed E-state index contributed by atoms with van der Waals surface area (Å²) < 4.78 is 39.3. The average Bonchev–Trinajstić information content (AvgIpc) is 3.30. The number of nitrogens with one attached hydrogen (secondary N) is 1. The van der Waals surface area contributed by atoms with Crippen molar-refractivity contribution in [3.8, 4) is 0 Å². The first-order chi connectivity index (χ1) is 17.3. The number of carbonyl (C=O) groups is 2. The molecule has 2 unspecified atom stereocenters. The highest BCUT2D eigenvalue weighted by atomic mass is 19.4. The minimum absolute atomic E-state index is 0.0296. The molecule has 5 nitrogen and oxygen atoms in total. The number of hydrogen-bond acceptors (Lipinski definition) is 3. The molecule has 0 radical (unpaired) electrons. The molecule has 2 amide bonds. The summed E-state index contributed by atoms with van der Waals surface area (Å²) in [5, 5.41) is 11.9. The maximum absolute atomic E-state index is 14.2. The number of carbonyl (C=O) groups excluding carboxylic acids is 2. The maximum Gasteiger partial charge on any atom is 0.405 e. The number of nitrogens with zero attached hydrogens (tertiary/aromatic N) is 1. The third-order valence-electron chi connectivity index (χ3n) is 10.0. The van der Waals surface area contributed by atoms with E-state index >= 15 is 0 Å². The zero-order chi connectivity index (χ0) is 25.4. The number of piperidine rings is 1. The van der Waals surface area contributed by atoms with Gasteiger partial charge in [-0.15, -0.1) is 0 Å². The summed E-state index contributed by atoms with van der Waals surface area (Å²) in [5.41, 5.74) is 2.95. The molecule has 36 heavy (non-hydrogen) atoms. The van der Waals surface area contributed by atoms with Gasteiger partial charge in [0.1, 0.15) is 6.54 Å². The van der Waals surface area contributed by atoms with E-state index in [9.17, 15) is 27.9 Å². The quantitative estimate of drug-likeness (QED) is 0.504. The summed E-state index contributed by atoms with van der Waals surface area (Å²) in [6, 6.07) is -0.321. The zero-order valence-electron chi connectivity index (χ0n) is 21.2. The molecule has 4 atom stereocenters. The lowest BCUT2D eigenvalue weighted by Crippen LogP contribution is -2.65. The van der Waals surface area contributed by atoms with Crippen LogP contribution in [0.1, 0.15) is 89.9 Å². The lowest BCUT2D eigenvalue weighted by atomic mass is 9.61. The van der Waals surface area contributed by atoms with E-state index in [1.54, 1.807) is 0 Å². The number of hydrogen-bond donors (Lipinski definition) is 2. The summed E-state index contributed by atoms with van der Waals surface area (Å²) in [5.74, 6) is -1.09. The first-order valence-electron chi connectivity index (χ1n) is 14.2. The average molecular weight is 511 g/mol. The second kappa shape index (κ2) is 10.7. The summed E-state index contributed by atoms with van der Waals surface area (Å²) >= 11 is 0. The Balaban J connectivity index is 1.48. The summed E-state index contributed by atoms with van der Waals surface area (Å²) in [7, 11) is 0. The number of likely N-dealkylation sites (tertiary alicyclic amines) is 1. The standard InChI is InChI=1S/C28H41F3N2O3/c29-28(30,31)16-32-26(35)24-22-7-3-4-8-23(22)27(36)33(21-13-19-5-1-2-6-20(19)14-21)25(24)18-11-9-17(15-34)10-12-18/h17-18,21-25,34H,1-16H2,(H,32,35)/t17?,18?,22?,23?,24-,25+/m1/s1. The fourth-order valence-electron chi connectivity index (χ4n) is 8.33. The van der Waals surface area contributed by atoms with Crippen LogP contribution in [-0.4, -0.2) is 53.2 Å². The Bertz CT molecular complexity index is 847. The maximum atomic E-state index is 14.2. The highest BCUT2D eigenvalue weighted by Crippen LogP contribution is 2.51. The molecule has 5 aliphatic rings. The van der Waals surface area contributed by atoms with Gasteiger partial charge in [-0.3, -0.25) is 9.59 Å². The molecule has 0 aromatic carbocycles. The van der Waals surface area contributed by atoms with Crippen LogP contribution in [0.3, 0.4) is 0 Å². The van der Waals surface area contributed by atoms with Gasteiger partial charge in [0.25, 0.3) is 0 Å². The van der Waals surface area contributed by atoms with Gasteiger partial charge in [-0.05, 0) is 94.8 Å². The number of aliphatic hydroxyl groups excluding tert-OH is 1. The van der Waals surface area contributed by atoms with Crippen LogP contribution in [0.25, 0.3) is 0 Å². The SMILES string of the molecule is O=C(NCC(F)(F)F)[C@@H]1C2CCCCC2C(=O)N(C2CC3=C(CCCC3)C2)[C@H]1C1CCC(CO)CC1. The van der Waals surface area contributed by atoms with E-state index in [1.165, 1.54) is 24.0 Å². The van der Waals surface area contributed by atoms with Crippen molar-refractivity contribution >= 4 is 11.8 Å². The summed E-state index contributed by atoms with van der Waals surface area (Å²) in [6.45, 7) is -1.18. The van der Waals surface area contributed by atoms with Crippen molar-refractivity contribution in [2.24, 2.45) is 29.6 Å². The number of fused-ring (bicyclic) bond motifs is 1. The van der Waals surface area contributed by atoms with Crippen LogP contribution in [0.2, 0.25) is 0 Å². The number of halogens is 3. The monoisotopic (exact) mass is 510 g/mol. The van der Waals surface area contributed by atoms with Gasteiger partial charge in [0.2, 0.25) is 11.8 Å². The Morgan fingerprint density at radius 2 is 1.58 bits per heavy atom. The Kier molecular flexibility index (Phi) is 7.71. The highest BCUT2D eigenvalue weighted by molar-refractivity contribution is 5.87. The smallest absolute Gasteiger partial charge is 0.396 e. The normalized spacial score (nSPS) is 36.0. The van der Waals surface area contributed by atoms with Gasteiger partial charge in [-0.1, -0.05) is 24.0 Å². The van der Waals surface area contributed by atoms with Crippen LogP contribution in [0.15, 0.2) is 11.1 Å². The van der Waals surface area contributed by atoms with E-state index in [0.29, 0.717) is 0 Å². The molecule has 2 N–H and O–H groups in total. The summed E-state index contributed by atoms with van der Waals surface area (Å²) in [6.07, 6.45) is 8.39. The largest absolute Gasteiger partial charge is 0.405 e. The Labute approximate surface area is 212 Å². The molecule has 8 heteroatoms. The molecular weight excluding hydrogens is 469 g/mol. The van der Waals surface area contributed by atoms with Gasteiger partial charge < -0.3 is 15.3 Å². The molecule has 1 saturated heterocycles. The minimum atomic E-state index is -4.46. The van der Waals surface area contributed by atoms with Gasteiger partial charge in [0.05, 0.1) is 5.92 Å². The predicted molar refractivity (Wildman–Crippen MR) is 130 cm³/mol. The van der Waals surface area contributed by atoms with Crippen LogP contribution >= 0.6 is 0 Å². The van der Waals surface area contributed by atoms with E-state index in [-0.39, 0.29) is 48.3 Å². The topological polar surface area (TPSA) is 69.6 Å². The second-order valence-electron chi connectivity index (χ2n) is 12.1. The van der Waals surface area contributed by atoms with Gasteiger partial charge in [0.15, 0.2) is 0 Å². The van der Waals surface area contributed by atoms with Crippen molar-refractivity contribution < 1.29 is 27.9 Å². The minimum Gasteiger partial charge on any atom is -0.396 e. The lowest BCUT2D eigenvalue weighted by Gasteiger charge is -2.55. The van der Waals surface area contributed by atoms with Crippen LogP contribution in [-0.2, 0) is 9.59 Å². The van der Waals surface area contributed by atoms with E-state index in [1.807, 2.05) is 4.90 Å². The molecule has 0 spiro atoms. The molecule has 0 aromatic rings. The van der Waals surface area contributed by atoms with Crippen LogP contribution in [0, 0.1) is 29.6 Å². The number of amides is 2. The molecule has 202 valence electrons. The molecule has 2 saturated carbocycles. The van der Waals surface area contributed by atoms with Gasteiger partial charge in [-0.2, -0.15) is 13.2 Å². The van der Waals surface area contributed by atoms with Crippen LogP contribution in [0.4, 0.5) is 13.2 Å². The number of rotatable bonds is 5. The van der Waals surface area contributed by atoms with Crippen molar-refractivity contribution in [2.75, 3.05) is 13.2 Å². The van der Waals surface area contributed by atoms with Crippen LogP contribution in [0.5, 0.6) is 0 Å². The molecular formula is C28H41F3N2O3. The van der Waals surface area contributed by atoms with E-state index < -0.39 is 24.5 Å². The van der Waals surface area contributed by atoms with Crippen molar-refractivity contribution in [3.63, 3.8) is 0 Å². The number of alkyl halides is 3. The first-order valence-corrected chi connectivity index (χ1v) is 14.2. The highest BCUT2D eigenvalue weighted by Gasteiger charge is 2.56. The molecule has 3 fully saturated rings. The third-order valence-corrected chi connectivity index (χ3v) is 10.0. The third kappa shape index (κ3) is 5.21. The van der Waals surface area contributed by atoms with Crippen molar-refractivity contribution in [1.29, 1.82) is 0 Å². The fourth-order valence-corrected chi connectivity index (χ4v) is 8.33. The van der Waals surface area contributed by atoms with E-state index in [0.717, 1.165) is 77.0 Å². The molecule has 5 rings (SSSR count). The van der Waals surface area contributed by atoms with E-state index in [4.69, 9.17) is 0 Å². The molecule has 4 aliphatic carbocycles. The zero-order valence-corrected chi connectivity index (χ0v) is 21.2. The summed E-state index contributed by atoms with van der Waals surface area (Å²) in [4.78, 5) is 29.8. The second-order valence-corrected chi connectivity index (χ2v) is 12.1. The Morgan fingerprint density at radius 1 is 0.944 bits per heavy atom. The Hall–Kier alpha value is -1.57. The Morgan fingerprint density at radius 3 is 2.19 bits per heavy atom.